The zero-order valence-electron chi connectivity index (χ0n) is 16.4. The monoisotopic (exact) mass is 391 g/mol. The first-order valence-corrected chi connectivity index (χ1v) is 8.90. The molecule has 1 heterocycles. The van der Waals surface area contributed by atoms with E-state index >= 15 is 0 Å². The van der Waals surface area contributed by atoms with Crippen molar-refractivity contribution in [1.29, 1.82) is 0 Å². The molecular formula is C23H21NO5. The van der Waals surface area contributed by atoms with Crippen LogP contribution in [0.25, 0.3) is 5.57 Å². The number of aromatic nitrogens is 1. The van der Waals surface area contributed by atoms with Crippen LogP contribution in [0.4, 0.5) is 0 Å². The molecule has 6 heteroatoms. The Morgan fingerprint density at radius 1 is 0.931 bits per heavy atom. The van der Waals surface area contributed by atoms with E-state index in [9.17, 15) is 4.79 Å². The van der Waals surface area contributed by atoms with Gasteiger partial charge in [0.25, 0.3) is 0 Å². The third-order valence-corrected chi connectivity index (χ3v) is 4.06. The predicted molar refractivity (Wildman–Crippen MR) is 109 cm³/mol. The van der Waals surface area contributed by atoms with Crippen molar-refractivity contribution in [3.63, 3.8) is 0 Å². The molecule has 29 heavy (non-hydrogen) atoms. The second kappa shape index (κ2) is 9.41. The van der Waals surface area contributed by atoms with Crippen molar-refractivity contribution >= 4 is 11.5 Å². The summed E-state index contributed by atoms with van der Waals surface area (Å²) in [6, 6.07) is 18.2. The lowest BCUT2D eigenvalue weighted by atomic mass is 10.1. The van der Waals surface area contributed by atoms with Gasteiger partial charge in [-0.05, 0) is 30.7 Å². The van der Waals surface area contributed by atoms with Crippen molar-refractivity contribution in [3.05, 3.63) is 84.2 Å². The van der Waals surface area contributed by atoms with Gasteiger partial charge in [-0.1, -0.05) is 36.4 Å². The van der Waals surface area contributed by atoms with Crippen molar-refractivity contribution < 1.29 is 23.7 Å². The fourth-order valence-corrected chi connectivity index (χ4v) is 2.65. The van der Waals surface area contributed by atoms with Gasteiger partial charge in [0.1, 0.15) is 22.8 Å². The van der Waals surface area contributed by atoms with E-state index in [0.717, 1.165) is 5.56 Å². The van der Waals surface area contributed by atoms with Gasteiger partial charge < -0.3 is 18.9 Å². The van der Waals surface area contributed by atoms with Crippen LogP contribution in [0.5, 0.6) is 23.1 Å². The van der Waals surface area contributed by atoms with Gasteiger partial charge >= 0.3 is 5.97 Å². The van der Waals surface area contributed by atoms with Gasteiger partial charge in [0.2, 0.25) is 5.88 Å². The van der Waals surface area contributed by atoms with Crippen molar-refractivity contribution in [2.24, 2.45) is 0 Å². The number of para-hydroxylation sites is 2. The zero-order valence-corrected chi connectivity index (χ0v) is 16.4. The number of rotatable bonds is 7. The van der Waals surface area contributed by atoms with E-state index in [4.69, 9.17) is 18.9 Å². The maximum absolute atomic E-state index is 12.1. The van der Waals surface area contributed by atoms with Crippen LogP contribution < -0.4 is 9.47 Å². The summed E-state index contributed by atoms with van der Waals surface area (Å²) in [4.78, 5) is 16.4. The first kappa shape index (κ1) is 19.9. The molecule has 0 fully saturated rings. The van der Waals surface area contributed by atoms with Crippen molar-refractivity contribution in [1.82, 2.24) is 4.98 Å². The van der Waals surface area contributed by atoms with Crippen LogP contribution in [0.2, 0.25) is 0 Å². The highest BCUT2D eigenvalue weighted by Crippen LogP contribution is 2.33. The highest BCUT2D eigenvalue weighted by atomic mass is 16.5. The highest BCUT2D eigenvalue weighted by molar-refractivity contribution is 6.17. The number of hydrogen-bond acceptors (Lipinski definition) is 6. The molecule has 0 saturated carbocycles. The maximum atomic E-state index is 12.1. The standard InChI is InChI=1S/C23H21NO5/c1-16-8-4-6-10-20(16)29-22-14-17(12-13-24-22)28-21-11-7-5-9-18(21)19(15-26-2)23(25)27-3/h4-15H,1-3H3. The summed E-state index contributed by atoms with van der Waals surface area (Å²) in [7, 11) is 2.78. The van der Waals surface area contributed by atoms with Crippen LogP contribution in [0, 0.1) is 6.92 Å². The van der Waals surface area contributed by atoms with E-state index in [1.165, 1.54) is 20.5 Å². The first-order chi connectivity index (χ1) is 14.1. The molecule has 0 saturated heterocycles. The van der Waals surface area contributed by atoms with Gasteiger partial charge in [-0.3, -0.25) is 0 Å². The highest BCUT2D eigenvalue weighted by Gasteiger charge is 2.18. The average molecular weight is 391 g/mol. The molecule has 0 unspecified atom stereocenters. The summed E-state index contributed by atoms with van der Waals surface area (Å²) in [5.41, 5.74) is 1.79. The van der Waals surface area contributed by atoms with Crippen molar-refractivity contribution in [2.45, 2.75) is 6.92 Å². The Balaban J connectivity index is 1.89. The van der Waals surface area contributed by atoms with Gasteiger partial charge in [0, 0.05) is 17.8 Å². The van der Waals surface area contributed by atoms with Gasteiger partial charge in [-0.15, -0.1) is 0 Å². The van der Waals surface area contributed by atoms with Crippen molar-refractivity contribution in [2.75, 3.05) is 14.2 Å². The normalized spacial score (nSPS) is 10.9. The van der Waals surface area contributed by atoms with Crippen LogP contribution in [0.1, 0.15) is 11.1 Å². The van der Waals surface area contributed by atoms with E-state index in [1.54, 1.807) is 36.5 Å². The lowest BCUT2D eigenvalue weighted by molar-refractivity contribution is -0.133. The van der Waals surface area contributed by atoms with Crippen LogP contribution in [0.3, 0.4) is 0 Å². The Morgan fingerprint density at radius 2 is 1.66 bits per heavy atom. The molecule has 0 aliphatic rings. The number of carbonyl (C=O) groups excluding carboxylic acids is 1. The number of aryl methyl sites for hydroxylation is 1. The number of pyridine rings is 1. The fourth-order valence-electron chi connectivity index (χ4n) is 2.65. The van der Waals surface area contributed by atoms with Crippen LogP contribution in [-0.2, 0) is 14.3 Å². The molecule has 0 aliphatic carbocycles. The molecule has 0 N–H and O–H groups in total. The molecule has 2 aromatic carbocycles. The molecular weight excluding hydrogens is 370 g/mol. The number of methoxy groups -OCH3 is 2. The Hall–Kier alpha value is -3.80. The van der Waals surface area contributed by atoms with E-state index in [1.807, 2.05) is 37.3 Å². The number of benzene rings is 2. The van der Waals surface area contributed by atoms with Crippen molar-refractivity contribution in [3.8, 4) is 23.1 Å². The largest absolute Gasteiger partial charge is 0.503 e. The van der Waals surface area contributed by atoms with E-state index < -0.39 is 5.97 Å². The summed E-state index contributed by atoms with van der Waals surface area (Å²) in [6.45, 7) is 1.96. The summed E-state index contributed by atoms with van der Waals surface area (Å²) in [6.07, 6.45) is 2.92. The molecule has 0 atom stereocenters. The van der Waals surface area contributed by atoms with Gasteiger partial charge in [0.05, 0.1) is 20.5 Å². The quantitative estimate of drug-likeness (QED) is 0.316. The first-order valence-electron chi connectivity index (χ1n) is 8.90. The molecule has 0 radical (unpaired) electrons. The lowest BCUT2D eigenvalue weighted by Gasteiger charge is -2.13. The predicted octanol–water partition coefficient (Wildman–Crippen LogP) is 5.13. The number of ether oxygens (including phenoxy) is 4. The summed E-state index contributed by atoms with van der Waals surface area (Å²) in [5.74, 6) is 1.57. The van der Waals surface area contributed by atoms with Gasteiger partial charge in [-0.2, -0.15) is 0 Å². The summed E-state index contributed by atoms with van der Waals surface area (Å²) < 4.78 is 21.8. The topological polar surface area (TPSA) is 66.9 Å². The smallest absolute Gasteiger partial charge is 0.341 e. The SMILES string of the molecule is COC=C(C(=O)OC)c1ccccc1Oc1ccnc(Oc2ccccc2C)c1. The van der Waals surface area contributed by atoms with Gasteiger partial charge in [-0.25, -0.2) is 9.78 Å². The Labute approximate surface area is 169 Å². The van der Waals surface area contributed by atoms with E-state index in [2.05, 4.69) is 4.98 Å². The minimum Gasteiger partial charge on any atom is -0.503 e. The second-order valence-corrected chi connectivity index (χ2v) is 6.05. The fraction of sp³-hybridized carbons (Fsp3) is 0.130. The number of carbonyl (C=O) groups is 1. The number of esters is 1. The van der Waals surface area contributed by atoms with Gasteiger partial charge in [0.15, 0.2) is 0 Å². The average Bonchev–Trinajstić information content (AvgIpc) is 2.74. The third kappa shape index (κ3) is 4.93. The molecule has 3 aromatic rings. The van der Waals surface area contributed by atoms with E-state index in [-0.39, 0.29) is 5.57 Å². The minimum atomic E-state index is -0.527. The molecule has 0 aliphatic heterocycles. The third-order valence-electron chi connectivity index (χ3n) is 4.06. The molecule has 0 bridgehead atoms. The van der Waals surface area contributed by atoms with Crippen LogP contribution in [-0.4, -0.2) is 25.2 Å². The Kier molecular flexibility index (Phi) is 6.47. The molecule has 0 amide bonds. The Morgan fingerprint density at radius 3 is 2.38 bits per heavy atom. The van der Waals surface area contributed by atoms with Crippen LogP contribution >= 0.6 is 0 Å². The minimum absolute atomic E-state index is 0.246. The molecule has 1 aromatic heterocycles. The lowest BCUT2D eigenvalue weighted by Crippen LogP contribution is -2.05. The molecule has 6 nitrogen and oxygen atoms in total. The second-order valence-electron chi connectivity index (χ2n) is 6.05. The molecule has 0 spiro atoms. The molecule has 3 rings (SSSR count). The zero-order chi connectivity index (χ0) is 20.6. The summed E-state index contributed by atoms with van der Waals surface area (Å²) >= 11 is 0. The summed E-state index contributed by atoms with van der Waals surface area (Å²) in [5, 5.41) is 0. The Bertz CT molecular complexity index is 1030. The number of nitrogens with zero attached hydrogens (tertiary/aromatic N) is 1. The van der Waals surface area contributed by atoms with Crippen LogP contribution in [0.15, 0.2) is 73.1 Å². The maximum Gasteiger partial charge on any atom is 0.341 e. The molecule has 148 valence electrons. The number of hydrogen-bond donors (Lipinski definition) is 0. The van der Waals surface area contributed by atoms with E-state index in [0.29, 0.717) is 28.7 Å².